The summed E-state index contributed by atoms with van der Waals surface area (Å²) in [7, 11) is -3.81. The average molecular weight is 343 g/mol. The van der Waals surface area contributed by atoms with Crippen LogP contribution in [0.5, 0.6) is 0 Å². The molecule has 124 valence electrons. The average Bonchev–Trinajstić information content (AvgIpc) is 2.81. The summed E-state index contributed by atoms with van der Waals surface area (Å²) in [5.74, 6) is -0.318. The zero-order valence-electron chi connectivity index (χ0n) is 13.3. The molecule has 4 N–H and O–H groups in total. The van der Waals surface area contributed by atoms with Gasteiger partial charge in [0.2, 0.25) is 10.0 Å². The van der Waals surface area contributed by atoms with Gasteiger partial charge < -0.3 is 10.3 Å². The molecule has 3 aromatic rings. The SMILES string of the molecule is Cc1[nH]c2ccc(C(=O)Nc3cccc(S(N)(=O)=O)c3)cc2c1C. The lowest BCUT2D eigenvalue weighted by molar-refractivity contribution is 0.102. The Bertz CT molecular complexity index is 1050. The molecule has 6 nitrogen and oxygen atoms in total. The molecule has 0 bridgehead atoms. The summed E-state index contributed by atoms with van der Waals surface area (Å²) in [6.07, 6.45) is 0. The van der Waals surface area contributed by atoms with Crippen LogP contribution in [0.4, 0.5) is 5.69 Å². The first-order valence-corrected chi connectivity index (χ1v) is 8.83. The van der Waals surface area contributed by atoms with Crippen LogP contribution in [0.3, 0.4) is 0 Å². The molecule has 0 fully saturated rings. The minimum atomic E-state index is -3.81. The smallest absolute Gasteiger partial charge is 0.255 e. The predicted octanol–water partition coefficient (Wildman–Crippen LogP) is 2.68. The molecule has 0 radical (unpaired) electrons. The molecule has 0 saturated heterocycles. The van der Waals surface area contributed by atoms with Crippen LogP contribution in [0.2, 0.25) is 0 Å². The van der Waals surface area contributed by atoms with E-state index in [-0.39, 0.29) is 10.8 Å². The molecular formula is C17H17N3O3S. The number of anilines is 1. The van der Waals surface area contributed by atoms with Gasteiger partial charge in [0.25, 0.3) is 5.91 Å². The minimum absolute atomic E-state index is 0.0483. The van der Waals surface area contributed by atoms with Crippen LogP contribution in [0.25, 0.3) is 10.9 Å². The van der Waals surface area contributed by atoms with Gasteiger partial charge in [-0.1, -0.05) is 6.07 Å². The third kappa shape index (κ3) is 3.04. The number of hydrogen-bond acceptors (Lipinski definition) is 3. The number of hydrogen-bond donors (Lipinski definition) is 3. The summed E-state index contributed by atoms with van der Waals surface area (Å²) in [5, 5.41) is 8.78. The van der Waals surface area contributed by atoms with Gasteiger partial charge in [0.1, 0.15) is 0 Å². The Morgan fingerprint density at radius 2 is 1.88 bits per heavy atom. The van der Waals surface area contributed by atoms with E-state index in [4.69, 9.17) is 5.14 Å². The molecule has 2 aromatic carbocycles. The van der Waals surface area contributed by atoms with Crippen molar-refractivity contribution >= 4 is 32.5 Å². The number of aromatic amines is 1. The molecule has 0 aliphatic heterocycles. The number of aryl methyl sites for hydroxylation is 2. The van der Waals surface area contributed by atoms with E-state index in [2.05, 4.69) is 10.3 Å². The van der Waals surface area contributed by atoms with Gasteiger partial charge in [0, 0.05) is 27.8 Å². The number of primary sulfonamides is 1. The van der Waals surface area contributed by atoms with E-state index in [0.29, 0.717) is 11.3 Å². The Labute approximate surface area is 139 Å². The first-order valence-electron chi connectivity index (χ1n) is 7.29. The second-order valence-corrected chi connectivity index (χ2v) is 7.22. The number of amides is 1. The first-order chi connectivity index (χ1) is 11.3. The quantitative estimate of drug-likeness (QED) is 0.681. The number of aromatic nitrogens is 1. The predicted molar refractivity (Wildman–Crippen MR) is 93.5 cm³/mol. The van der Waals surface area contributed by atoms with E-state index < -0.39 is 10.0 Å². The van der Waals surface area contributed by atoms with Gasteiger partial charge in [0.05, 0.1) is 4.90 Å². The zero-order valence-corrected chi connectivity index (χ0v) is 14.1. The molecule has 0 atom stereocenters. The van der Waals surface area contributed by atoms with Crippen molar-refractivity contribution in [1.29, 1.82) is 0 Å². The number of rotatable bonds is 3. The number of nitrogens with one attached hydrogen (secondary N) is 2. The van der Waals surface area contributed by atoms with Gasteiger partial charge >= 0.3 is 0 Å². The number of benzene rings is 2. The summed E-state index contributed by atoms with van der Waals surface area (Å²) in [5.41, 5.74) is 3.98. The number of carbonyl (C=O) groups excluding carboxylic acids is 1. The Hall–Kier alpha value is -2.64. The van der Waals surface area contributed by atoms with Crippen LogP contribution in [0.1, 0.15) is 21.6 Å². The van der Waals surface area contributed by atoms with Crippen LogP contribution in [0, 0.1) is 13.8 Å². The Kier molecular flexibility index (Phi) is 3.90. The van der Waals surface area contributed by atoms with E-state index >= 15 is 0 Å². The van der Waals surface area contributed by atoms with Gasteiger partial charge in [-0.05, 0) is 55.8 Å². The van der Waals surface area contributed by atoms with Crippen molar-refractivity contribution in [2.75, 3.05) is 5.32 Å². The molecular weight excluding hydrogens is 326 g/mol. The standard InChI is InChI=1S/C17H17N3O3S/c1-10-11(2)19-16-7-6-12(8-15(10)16)17(21)20-13-4-3-5-14(9-13)24(18,22)23/h3-9,19H,1-2H3,(H,20,21)(H2,18,22,23). The number of fused-ring (bicyclic) bond motifs is 1. The highest BCUT2D eigenvalue weighted by Crippen LogP contribution is 2.23. The van der Waals surface area contributed by atoms with E-state index in [1.807, 2.05) is 26.0 Å². The van der Waals surface area contributed by atoms with Gasteiger partial charge in [-0.3, -0.25) is 4.79 Å². The molecule has 0 spiro atoms. The molecule has 7 heteroatoms. The topological polar surface area (TPSA) is 105 Å². The highest BCUT2D eigenvalue weighted by Gasteiger charge is 2.12. The summed E-state index contributed by atoms with van der Waals surface area (Å²) >= 11 is 0. The molecule has 1 aromatic heterocycles. The maximum absolute atomic E-state index is 12.4. The van der Waals surface area contributed by atoms with Crippen LogP contribution in [-0.2, 0) is 10.0 Å². The lowest BCUT2D eigenvalue weighted by Gasteiger charge is -2.07. The van der Waals surface area contributed by atoms with Crippen molar-refractivity contribution in [3.8, 4) is 0 Å². The Morgan fingerprint density at radius 1 is 1.12 bits per heavy atom. The second-order valence-electron chi connectivity index (χ2n) is 5.66. The van der Waals surface area contributed by atoms with E-state index in [9.17, 15) is 13.2 Å². The zero-order chi connectivity index (χ0) is 17.5. The fourth-order valence-corrected chi connectivity index (χ4v) is 3.12. The van der Waals surface area contributed by atoms with Crippen LogP contribution >= 0.6 is 0 Å². The molecule has 1 heterocycles. The Balaban J connectivity index is 1.91. The molecule has 1 amide bonds. The highest BCUT2D eigenvalue weighted by molar-refractivity contribution is 7.89. The van der Waals surface area contributed by atoms with Crippen molar-refractivity contribution in [2.45, 2.75) is 18.7 Å². The summed E-state index contributed by atoms with van der Waals surface area (Å²) in [4.78, 5) is 15.6. The molecule has 0 aliphatic carbocycles. The third-order valence-electron chi connectivity index (χ3n) is 3.99. The fourth-order valence-electron chi connectivity index (χ4n) is 2.56. The molecule has 3 rings (SSSR count). The highest BCUT2D eigenvalue weighted by atomic mass is 32.2. The maximum Gasteiger partial charge on any atom is 0.255 e. The number of carbonyl (C=O) groups is 1. The summed E-state index contributed by atoms with van der Waals surface area (Å²) in [6.45, 7) is 3.97. The van der Waals surface area contributed by atoms with Gasteiger partial charge in [0.15, 0.2) is 0 Å². The van der Waals surface area contributed by atoms with Crippen LogP contribution in [-0.4, -0.2) is 19.3 Å². The summed E-state index contributed by atoms with van der Waals surface area (Å²) < 4.78 is 22.8. The van der Waals surface area contributed by atoms with Crippen molar-refractivity contribution in [1.82, 2.24) is 4.98 Å². The number of sulfonamides is 1. The number of H-pyrrole nitrogens is 1. The van der Waals surface area contributed by atoms with Crippen LogP contribution in [0.15, 0.2) is 47.4 Å². The lowest BCUT2D eigenvalue weighted by Crippen LogP contribution is -2.14. The Morgan fingerprint density at radius 3 is 2.58 bits per heavy atom. The molecule has 0 unspecified atom stereocenters. The largest absolute Gasteiger partial charge is 0.358 e. The van der Waals surface area contributed by atoms with Gasteiger partial charge in [-0.15, -0.1) is 0 Å². The lowest BCUT2D eigenvalue weighted by atomic mass is 10.1. The van der Waals surface area contributed by atoms with Crippen molar-refractivity contribution < 1.29 is 13.2 Å². The number of nitrogens with two attached hydrogens (primary N) is 1. The fraction of sp³-hybridized carbons (Fsp3) is 0.118. The van der Waals surface area contributed by atoms with Gasteiger partial charge in [-0.25, -0.2) is 13.6 Å². The first kappa shape index (κ1) is 16.2. The van der Waals surface area contributed by atoms with E-state index in [1.54, 1.807) is 12.1 Å². The molecule has 0 saturated carbocycles. The molecule has 0 aliphatic rings. The summed E-state index contributed by atoms with van der Waals surface area (Å²) in [6, 6.07) is 11.2. The van der Waals surface area contributed by atoms with Crippen molar-refractivity contribution in [3.63, 3.8) is 0 Å². The minimum Gasteiger partial charge on any atom is -0.358 e. The monoisotopic (exact) mass is 343 g/mol. The normalized spacial score (nSPS) is 11.6. The maximum atomic E-state index is 12.4. The van der Waals surface area contributed by atoms with Crippen LogP contribution < -0.4 is 10.5 Å². The third-order valence-corrected chi connectivity index (χ3v) is 4.90. The molecule has 24 heavy (non-hydrogen) atoms. The van der Waals surface area contributed by atoms with Crippen molar-refractivity contribution in [3.05, 3.63) is 59.3 Å². The van der Waals surface area contributed by atoms with Crippen molar-refractivity contribution in [2.24, 2.45) is 5.14 Å². The van der Waals surface area contributed by atoms with E-state index in [0.717, 1.165) is 22.2 Å². The van der Waals surface area contributed by atoms with Gasteiger partial charge in [-0.2, -0.15) is 0 Å². The van der Waals surface area contributed by atoms with E-state index in [1.165, 1.54) is 18.2 Å². The second kappa shape index (κ2) is 5.77.